The van der Waals surface area contributed by atoms with Gasteiger partial charge in [0.25, 0.3) is 0 Å². The third-order valence-corrected chi connectivity index (χ3v) is 2.00. The summed E-state index contributed by atoms with van der Waals surface area (Å²) in [5.41, 5.74) is 0.867. The van der Waals surface area contributed by atoms with Crippen molar-refractivity contribution in [3.8, 4) is 0 Å². The summed E-state index contributed by atoms with van der Waals surface area (Å²) in [6, 6.07) is 5.62. The van der Waals surface area contributed by atoms with E-state index in [1.165, 1.54) is 0 Å². The van der Waals surface area contributed by atoms with Crippen molar-refractivity contribution in [2.24, 2.45) is 0 Å². The van der Waals surface area contributed by atoms with Crippen LogP contribution in [-0.2, 0) is 11.3 Å². The van der Waals surface area contributed by atoms with Gasteiger partial charge in [-0.25, -0.2) is 0 Å². The van der Waals surface area contributed by atoms with Crippen LogP contribution in [0.15, 0.2) is 24.4 Å². The average Bonchev–Trinajstić information content (AvgIpc) is 2.25. The molecule has 0 saturated heterocycles. The van der Waals surface area contributed by atoms with E-state index in [9.17, 15) is 4.79 Å². The molecule has 0 aliphatic rings. The molecule has 1 amide bonds. The Hall–Kier alpha value is -1.09. The lowest BCUT2D eigenvalue weighted by molar-refractivity contribution is -0.121. The lowest BCUT2D eigenvalue weighted by atomic mass is 10.3. The van der Waals surface area contributed by atoms with Gasteiger partial charge in [0.2, 0.25) is 5.91 Å². The summed E-state index contributed by atoms with van der Waals surface area (Å²) in [5, 5.41) is 2.77. The fourth-order valence-electron chi connectivity index (χ4n) is 1.01. The molecule has 14 heavy (non-hydrogen) atoms. The van der Waals surface area contributed by atoms with Crippen LogP contribution in [0.2, 0.25) is 0 Å². The number of pyridine rings is 1. The van der Waals surface area contributed by atoms with Crippen LogP contribution in [0.1, 0.15) is 18.5 Å². The summed E-state index contributed by atoms with van der Waals surface area (Å²) in [6.07, 6.45) is 2.91. The molecule has 0 bridgehead atoms. The molecule has 0 fully saturated rings. The van der Waals surface area contributed by atoms with Crippen molar-refractivity contribution in [1.82, 2.24) is 10.3 Å². The van der Waals surface area contributed by atoms with Crippen LogP contribution < -0.4 is 5.32 Å². The molecule has 0 aliphatic heterocycles. The van der Waals surface area contributed by atoms with Crippen molar-refractivity contribution in [2.45, 2.75) is 19.4 Å². The van der Waals surface area contributed by atoms with Gasteiger partial charge in [-0.2, -0.15) is 0 Å². The normalized spacial score (nSPS) is 9.79. The highest BCUT2D eigenvalue weighted by molar-refractivity contribution is 6.17. The Bertz CT molecular complexity index is 277. The van der Waals surface area contributed by atoms with Crippen LogP contribution in [-0.4, -0.2) is 16.8 Å². The Labute approximate surface area is 88.5 Å². The second-order valence-electron chi connectivity index (χ2n) is 2.89. The third kappa shape index (κ3) is 4.23. The van der Waals surface area contributed by atoms with E-state index in [1.807, 2.05) is 18.2 Å². The zero-order valence-electron chi connectivity index (χ0n) is 7.87. The average molecular weight is 213 g/mol. The van der Waals surface area contributed by atoms with E-state index in [0.29, 0.717) is 18.8 Å². The maximum absolute atomic E-state index is 11.2. The van der Waals surface area contributed by atoms with Gasteiger partial charge >= 0.3 is 0 Å². The van der Waals surface area contributed by atoms with Gasteiger partial charge in [0, 0.05) is 18.5 Å². The van der Waals surface area contributed by atoms with E-state index in [-0.39, 0.29) is 5.91 Å². The molecule has 1 aromatic heterocycles. The van der Waals surface area contributed by atoms with Crippen molar-refractivity contribution in [2.75, 3.05) is 5.88 Å². The van der Waals surface area contributed by atoms with Crippen molar-refractivity contribution in [3.05, 3.63) is 30.1 Å². The third-order valence-electron chi connectivity index (χ3n) is 1.73. The van der Waals surface area contributed by atoms with Crippen LogP contribution in [0.4, 0.5) is 0 Å². The Morgan fingerprint density at radius 3 is 3.00 bits per heavy atom. The second kappa shape index (κ2) is 6.38. The maximum Gasteiger partial charge on any atom is 0.220 e. The van der Waals surface area contributed by atoms with Crippen LogP contribution in [0.3, 0.4) is 0 Å². The summed E-state index contributed by atoms with van der Waals surface area (Å²) < 4.78 is 0. The van der Waals surface area contributed by atoms with E-state index in [0.717, 1.165) is 12.1 Å². The fraction of sp³-hybridized carbons (Fsp3) is 0.400. The molecule has 0 aliphatic carbocycles. The van der Waals surface area contributed by atoms with Gasteiger partial charge < -0.3 is 5.32 Å². The number of rotatable bonds is 5. The number of alkyl halides is 1. The molecule has 4 heteroatoms. The molecule has 0 spiro atoms. The largest absolute Gasteiger partial charge is 0.350 e. The van der Waals surface area contributed by atoms with Crippen molar-refractivity contribution < 1.29 is 4.79 Å². The Morgan fingerprint density at radius 1 is 1.50 bits per heavy atom. The number of carbonyl (C=O) groups is 1. The SMILES string of the molecule is O=C(CCCCl)NCc1ccccn1. The Balaban J connectivity index is 2.24. The second-order valence-corrected chi connectivity index (χ2v) is 3.27. The van der Waals surface area contributed by atoms with Gasteiger partial charge in [-0.3, -0.25) is 9.78 Å². The smallest absolute Gasteiger partial charge is 0.220 e. The standard InChI is InChI=1S/C10H13ClN2O/c11-6-3-5-10(14)13-8-9-4-1-2-7-12-9/h1-2,4,7H,3,5-6,8H2,(H,13,14). The minimum Gasteiger partial charge on any atom is -0.350 e. The van der Waals surface area contributed by atoms with E-state index in [2.05, 4.69) is 10.3 Å². The van der Waals surface area contributed by atoms with Crippen LogP contribution in [0.25, 0.3) is 0 Å². The molecule has 1 heterocycles. The summed E-state index contributed by atoms with van der Waals surface area (Å²) in [4.78, 5) is 15.3. The Morgan fingerprint density at radius 2 is 2.36 bits per heavy atom. The highest BCUT2D eigenvalue weighted by Crippen LogP contribution is 1.95. The first-order valence-corrected chi connectivity index (χ1v) is 5.09. The molecule has 0 saturated carbocycles. The van der Waals surface area contributed by atoms with Crippen LogP contribution in [0, 0.1) is 0 Å². The zero-order valence-corrected chi connectivity index (χ0v) is 8.63. The topological polar surface area (TPSA) is 42.0 Å². The Kier molecular flexibility index (Phi) is 5.00. The van der Waals surface area contributed by atoms with E-state index < -0.39 is 0 Å². The quantitative estimate of drug-likeness (QED) is 0.756. The molecular formula is C10H13ClN2O. The molecule has 1 N–H and O–H groups in total. The van der Waals surface area contributed by atoms with Crippen molar-refractivity contribution in [1.29, 1.82) is 0 Å². The number of halogens is 1. The number of amides is 1. The van der Waals surface area contributed by atoms with Crippen molar-refractivity contribution >= 4 is 17.5 Å². The maximum atomic E-state index is 11.2. The molecular weight excluding hydrogens is 200 g/mol. The molecule has 76 valence electrons. The van der Waals surface area contributed by atoms with Gasteiger partial charge in [0.15, 0.2) is 0 Å². The summed E-state index contributed by atoms with van der Waals surface area (Å²) in [6.45, 7) is 0.488. The molecule has 1 rings (SSSR count). The monoisotopic (exact) mass is 212 g/mol. The van der Waals surface area contributed by atoms with Gasteiger partial charge in [-0.05, 0) is 18.6 Å². The molecule has 0 aromatic carbocycles. The molecule has 3 nitrogen and oxygen atoms in total. The van der Waals surface area contributed by atoms with Crippen LogP contribution in [0.5, 0.6) is 0 Å². The first-order chi connectivity index (χ1) is 6.83. The van der Waals surface area contributed by atoms with E-state index in [4.69, 9.17) is 11.6 Å². The van der Waals surface area contributed by atoms with Gasteiger partial charge in [-0.15, -0.1) is 11.6 Å². The van der Waals surface area contributed by atoms with E-state index >= 15 is 0 Å². The zero-order chi connectivity index (χ0) is 10.2. The highest BCUT2D eigenvalue weighted by atomic mass is 35.5. The lowest BCUT2D eigenvalue weighted by Crippen LogP contribution is -2.22. The fourth-order valence-corrected chi connectivity index (χ4v) is 1.14. The lowest BCUT2D eigenvalue weighted by Gasteiger charge is -2.03. The number of aromatic nitrogens is 1. The van der Waals surface area contributed by atoms with Gasteiger partial charge in [0.05, 0.1) is 12.2 Å². The molecule has 1 aromatic rings. The molecule has 0 atom stereocenters. The number of carbonyl (C=O) groups excluding carboxylic acids is 1. The first kappa shape index (κ1) is 11.0. The highest BCUT2D eigenvalue weighted by Gasteiger charge is 2.00. The summed E-state index contributed by atoms with van der Waals surface area (Å²) >= 11 is 5.47. The number of hydrogen-bond donors (Lipinski definition) is 1. The number of nitrogens with zero attached hydrogens (tertiary/aromatic N) is 1. The summed E-state index contributed by atoms with van der Waals surface area (Å²) in [5.74, 6) is 0.549. The van der Waals surface area contributed by atoms with E-state index in [1.54, 1.807) is 6.20 Å². The minimum absolute atomic E-state index is 0.0244. The number of hydrogen-bond acceptors (Lipinski definition) is 2. The predicted molar refractivity (Wildman–Crippen MR) is 56.0 cm³/mol. The van der Waals surface area contributed by atoms with Gasteiger partial charge in [-0.1, -0.05) is 6.07 Å². The number of nitrogens with one attached hydrogen (secondary N) is 1. The van der Waals surface area contributed by atoms with Gasteiger partial charge in [0.1, 0.15) is 0 Å². The van der Waals surface area contributed by atoms with Crippen LogP contribution >= 0.6 is 11.6 Å². The minimum atomic E-state index is 0.0244. The summed E-state index contributed by atoms with van der Waals surface area (Å²) in [7, 11) is 0. The molecule has 0 radical (unpaired) electrons. The predicted octanol–water partition coefficient (Wildman–Crippen LogP) is 1.72. The molecule has 0 unspecified atom stereocenters. The van der Waals surface area contributed by atoms with Crippen molar-refractivity contribution in [3.63, 3.8) is 0 Å². The first-order valence-electron chi connectivity index (χ1n) is 4.55.